The van der Waals surface area contributed by atoms with E-state index in [1.165, 1.54) is 11.1 Å². The lowest BCUT2D eigenvalue weighted by Gasteiger charge is -2.43. The number of carbonyl (C=O) groups is 1. The molecule has 0 spiro atoms. The summed E-state index contributed by atoms with van der Waals surface area (Å²) in [6.07, 6.45) is -0.671. The molecule has 0 aliphatic carbocycles. The summed E-state index contributed by atoms with van der Waals surface area (Å²) in [7, 11) is 1.97. The van der Waals surface area contributed by atoms with Crippen LogP contribution >= 0.6 is 0 Å². The minimum absolute atomic E-state index is 0.00513. The molecule has 2 fully saturated rings. The molecule has 2 aromatic rings. The summed E-state index contributed by atoms with van der Waals surface area (Å²) in [5.41, 5.74) is 2.61. The molecule has 1 amide bonds. The first-order valence-electron chi connectivity index (χ1n) is 14.1. The number of pyridine rings is 1. The molecule has 220 valence electrons. The summed E-state index contributed by atoms with van der Waals surface area (Å²) in [5.74, 6) is 0.348. The van der Waals surface area contributed by atoms with Gasteiger partial charge in [0.1, 0.15) is 24.2 Å². The van der Waals surface area contributed by atoms with Gasteiger partial charge in [0.2, 0.25) is 0 Å². The molecule has 10 heteroatoms. The van der Waals surface area contributed by atoms with E-state index in [4.69, 9.17) is 4.74 Å². The second-order valence-electron chi connectivity index (χ2n) is 11.3. The zero-order valence-corrected chi connectivity index (χ0v) is 24.0. The normalized spacial score (nSPS) is 22.8. The second kappa shape index (κ2) is 12.4. The molecule has 2 N–H and O–H groups in total. The number of aromatic nitrogens is 1. The molecule has 3 heterocycles. The van der Waals surface area contributed by atoms with E-state index in [2.05, 4.69) is 42.0 Å². The Balaban J connectivity index is 1.37. The number of ether oxygens (including phenoxy) is 1. The zero-order chi connectivity index (χ0) is 29.2. The second-order valence-corrected chi connectivity index (χ2v) is 11.3. The summed E-state index contributed by atoms with van der Waals surface area (Å²) < 4.78 is 44.5. The van der Waals surface area contributed by atoms with Crippen LogP contribution in [-0.4, -0.2) is 76.8 Å². The van der Waals surface area contributed by atoms with Crippen LogP contribution < -0.4 is 10.1 Å². The van der Waals surface area contributed by atoms with Gasteiger partial charge in [-0.25, -0.2) is 0 Å². The number of benzene rings is 1. The molecule has 4 rings (SSSR count). The van der Waals surface area contributed by atoms with Crippen LogP contribution in [-0.2, 0) is 6.18 Å². The maximum Gasteiger partial charge on any atom is 0.417 e. The number of likely N-dealkylation sites (N-methyl/N-ethyl adjacent to an activating group) is 1. The van der Waals surface area contributed by atoms with Crippen molar-refractivity contribution in [2.45, 2.75) is 89.8 Å². The molecule has 5 atom stereocenters. The maximum atomic E-state index is 12.8. The Bertz CT molecular complexity index is 1160. The van der Waals surface area contributed by atoms with E-state index in [0.717, 1.165) is 55.7 Å². The highest BCUT2D eigenvalue weighted by Gasteiger charge is 2.44. The van der Waals surface area contributed by atoms with Crippen molar-refractivity contribution in [2.24, 2.45) is 0 Å². The van der Waals surface area contributed by atoms with Gasteiger partial charge in [-0.3, -0.25) is 14.7 Å². The number of aliphatic hydroxyl groups excluding tert-OH is 1. The number of aliphatic hydroxyl groups is 1. The fourth-order valence-corrected chi connectivity index (χ4v) is 6.23. The van der Waals surface area contributed by atoms with Gasteiger partial charge >= 0.3 is 6.18 Å². The van der Waals surface area contributed by atoms with Crippen molar-refractivity contribution in [3.8, 4) is 5.75 Å². The number of fused-ring (bicyclic) bond motifs is 2. The smallest absolute Gasteiger partial charge is 0.417 e. The third-order valence-corrected chi connectivity index (χ3v) is 8.62. The summed E-state index contributed by atoms with van der Waals surface area (Å²) in [5, 5.41) is 13.3. The Hall–Kier alpha value is -2.69. The minimum Gasteiger partial charge on any atom is -0.491 e. The van der Waals surface area contributed by atoms with Gasteiger partial charge in [-0.15, -0.1) is 0 Å². The number of halogens is 3. The Kier molecular flexibility index (Phi) is 9.42. The van der Waals surface area contributed by atoms with Crippen molar-refractivity contribution in [3.63, 3.8) is 0 Å². The molecule has 0 saturated carbocycles. The zero-order valence-electron chi connectivity index (χ0n) is 24.0. The molecule has 1 aromatic heterocycles. The molecule has 40 heavy (non-hydrogen) atoms. The van der Waals surface area contributed by atoms with Crippen LogP contribution in [0.2, 0.25) is 0 Å². The maximum absolute atomic E-state index is 12.8. The number of rotatable bonds is 10. The molecule has 1 aromatic carbocycles. The van der Waals surface area contributed by atoms with Gasteiger partial charge < -0.3 is 20.1 Å². The molecule has 2 bridgehead atoms. The van der Waals surface area contributed by atoms with Crippen LogP contribution in [0.25, 0.3) is 0 Å². The van der Waals surface area contributed by atoms with Crippen molar-refractivity contribution in [1.82, 2.24) is 20.1 Å². The average Bonchev–Trinajstić information content (AvgIpc) is 3.18. The topological polar surface area (TPSA) is 77.9 Å². The van der Waals surface area contributed by atoms with Crippen LogP contribution in [0.4, 0.5) is 13.2 Å². The lowest BCUT2D eigenvalue weighted by atomic mass is 9.91. The van der Waals surface area contributed by atoms with Crippen molar-refractivity contribution < 1.29 is 27.8 Å². The van der Waals surface area contributed by atoms with E-state index >= 15 is 0 Å². The number of hydrogen-bond donors (Lipinski definition) is 2. The van der Waals surface area contributed by atoms with E-state index in [1.54, 1.807) is 0 Å². The van der Waals surface area contributed by atoms with Crippen LogP contribution in [0.3, 0.4) is 0 Å². The fourth-order valence-electron chi connectivity index (χ4n) is 6.23. The third kappa shape index (κ3) is 6.78. The average molecular weight is 563 g/mol. The number of hydrogen-bond acceptors (Lipinski definition) is 6. The Labute approximate surface area is 234 Å². The highest BCUT2D eigenvalue weighted by Crippen LogP contribution is 2.43. The van der Waals surface area contributed by atoms with Crippen molar-refractivity contribution in [2.75, 3.05) is 26.7 Å². The molecular formula is C30H41F3N4O3. The number of alkyl halides is 3. The summed E-state index contributed by atoms with van der Waals surface area (Å²) in [6, 6.07) is 6.89. The van der Waals surface area contributed by atoms with Crippen molar-refractivity contribution >= 4 is 5.91 Å². The monoisotopic (exact) mass is 562 g/mol. The highest BCUT2D eigenvalue weighted by atomic mass is 19.4. The van der Waals surface area contributed by atoms with Gasteiger partial charge in [-0.2, -0.15) is 13.2 Å². The Morgan fingerprint density at radius 1 is 1.18 bits per heavy atom. The summed E-state index contributed by atoms with van der Waals surface area (Å²) in [4.78, 5) is 21.1. The van der Waals surface area contributed by atoms with Gasteiger partial charge in [0.25, 0.3) is 5.91 Å². The molecule has 7 nitrogen and oxygen atoms in total. The lowest BCUT2D eigenvalue weighted by molar-refractivity contribution is -0.137. The largest absolute Gasteiger partial charge is 0.491 e. The first-order chi connectivity index (χ1) is 18.9. The predicted octanol–water partition coefficient (Wildman–Crippen LogP) is 4.90. The van der Waals surface area contributed by atoms with Crippen LogP contribution in [0, 0.1) is 13.8 Å². The molecule has 0 radical (unpaired) electrons. The molecular weight excluding hydrogens is 521 g/mol. The van der Waals surface area contributed by atoms with Gasteiger partial charge in [0.05, 0.1) is 5.56 Å². The highest BCUT2D eigenvalue weighted by molar-refractivity contribution is 5.92. The predicted molar refractivity (Wildman–Crippen MR) is 147 cm³/mol. The van der Waals surface area contributed by atoms with Crippen molar-refractivity contribution in [3.05, 3.63) is 58.4 Å². The van der Waals surface area contributed by atoms with E-state index < -0.39 is 23.8 Å². The van der Waals surface area contributed by atoms with Gasteiger partial charge in [-0.05, 0) is 94.9 Å². The summed E-state index contributed by atoms with van der Waals surface area (Å²) >= 11 is 0. The molecule has 2 aliphatic heterocycles. The van der Waals surface area contributed by atoms with Gasteiger partial charge in [-0.1, -0.05) is 13.0 Å². The fraction of sp³-hybridized carbons (Fsp3) is 0.600. The summed E-state index contributed by atoms with van der Waals surface area (Å²) in [6.45, 7) is 10.1. The number of amides is 1. The number of nitrogens with zero attached hydrogens (tertiary/aromatic N) is 3. The number of piperidine rings is 1. The van der Waals surface area contributed by atoms with E-state index in [9.17, 15) is 23.1 Å². The molecule has 2 aliphatic rings. The Morgan fingerprint density at radius 2 is 1.85 bits per heavy atom. The van der Waals surface area contributed by atoms with Crippen LogP contribution in [0.1, 0.15) is 78.3 Å². The first kappa shape index (κ1) is 30.3. The first-order valence-corrected chi connectivity index (χ1v) is 14.1. The van der Waals surface area contributed by atoms with Crippen molar-refractivity contribution in [1.29, 1.82) is 0 Å². The van der Waals surface area contributed by atoms with E-state index in [-0.39, 0.29) is 24.4 Å². The van der Waals surface area contributed by atoms with Crippen LogP contribution in [0.5, 0.6) is 5.75 Å². The Morgan fingerprint density at radius 3 is 2.42 bits per heavy atom. The van der Waals surface area contributed by atoms with Gasteiger partial charge in [0.15, 0.2) is 0 Å². The lowest BCUT2D eigenvalue weighted by Crippen LogP contribution is -2.51. The van der Waals surface area contributed by atoms with Gasteiger partial charge in [0, 0.05) is 36.9 Å². The quantitative estimate of drug-likeness (QED) is 0.429. The molecule has 3 unspecified atom stereocenters. The van der Waals surface area contributed by atoms with E-state index in [1.807, 2.05) is 24.9 Å². The van der Waals surface area contributed by atoms with Crippen LogP contribution in [0.15, 0.2) is 30.5 Å². The number of nitrogens with one attached hydrogen (secondary N) is 1. The standard InChI is InChI=1S/C30H41F3N4O3/c1-6-36(5)16-25(38)17-40-28-12-10-26(18(2)19(28)3)20(4)37-23-8-9-24(37)14-22(13-23)35-29(39)27-11-7-21(15-34-27)30(31,32)33/h7,10-12,15,20,22-25,38H,6,8-9,13-14,16-17H2,1-5H3,(H,35,39)/t20?,22?,23-,24?,25+/m1/s1. The third-order valence-electron chi connectivity index (χ3n) is 8.62. The minimum atomic E-state index is -4.48. The number of carbonyl (C=O) groups excluding carboxylic acids is 1. The SMILES string of the molecule is CCN(C)C[C@H](O)COc1ccc(C(C)N2C3CC[C@@H]2CC(NC(=O)c2ccc(C(F)(F)F)cn2)C3)c(C)c1C. The molecule has 2 saturated heterocycles. The van der Waals surface area contributed by atoms with E-state index in [0.29, 0.717) is 24.8 Å².